The van der Waals surface area contributed by atoms with Crippen molar-refractivity contribution in [2.75, 3.05) is 39.4 Å². The first-order valence-corrected chi connectivity index (χ1v) is 17.1. The van der Waals surface area contributed by atoms with E-state index in [0.29, 0.717) is 71.0 Å². The summed E-state index contributed by atoms with van der Waals surface area (Å²) < 4.78 is 5.11. The third kappa shape index (κ3) is 13.3. The summed E-state index contributed by atoms with van der Waals surface area (Å²) in [5.74, 6) is -2.13. The number of nitrogens with zero attached hydrogens (tertiary/aromatic N) is 1. The van der Waals surface area contributed by atoms with Gasteiger partial charge in [-0.15, -0.1) is 0 Å². The van der Waals surface area contributed by atoms with Crippen molar-refractivity contribution in [2.45, 2.75) is 82.2 Å². The molecule has 0 radical (unpaired) electrons. The Bertz CT molecular complexity index is 1390. The number of unbranched alkanes of at least 4 members (excludes halogenated alkanes) is 2. The molecular formula is C34H53N9O6. The van der Waals surface area contributed by atoms with Crippen LogP contribution in [0, 0.1) is 0 Å². The van der Waals surface area contributed by atoms with E-state index in [1.807, 2.05) is 42.5 Å². The Morgan fingerprint density at radius 2 is 1.59 bits per heavy atom. The van der Waals surface area contributed by atoms with Crippen molar-refractivity contribution in [3.05, 3.63) is 48.0 Å². The Labute approximate surface area is 287 Å². The predicted octanol–water partition coefficient (Wildman–Crippen LogP) is -0.949. The highest BCUT2D eigenvalue weighted by Crippen LogP contribution is 2.23. The molecule has 15 heteroatoms. The predicted molar refractivity (Wildman–Crippen MR) is 186 cm³/mol. The summed E-state index contributed by atoms with van der Waals surface area (Å²) in [7, 11) is 0. The van der Waals surface area contributed by atoms with Crippen LogP contribution in [0.1, 0.15) is 56.9 Å². The number of primary amides is 1. The van der Waals surface area contributed by atoms with Crippen molar-refractivity contribution in [3.63, 3.8) is 0 Å². The maximum Gasteiger partial charge on any atom is 0.243 e. The van der Waals surface area contributed by atoms with Crippen LogP contribution in [0.3, 0.4) is 0 Å². The van der Waals surface area contributed by atoms with Crippen molar-refractivity contribution in [1.82, 2.24) is 26.2 Å². The smallest absolute Gasteiger partial charge is 0.243 e. The van der Waals surface area contributed by atoms with Gasteiger partial charge in [0.2, 0.25) is 29.5 Å². The first kappa shape index (κ1) is 39.3. The van der Waals surface area contributed by atoms with Crippen molar-refractivity contribution >= 4 is 40.3 Å². The summed E-state index contributed by atoms with van der Waals surface area (Å²) in [4.78, 5) is 66.5. The van der Waals surface area contributed by atoms with Gasteiger partial charge in [-0.3, -0.25) is 29.3 Å². The number of ether oxygens (including phenoxy) is 1. The third-order valence-corrected chi connectivity index (χ3v) is 8.40. The first-order chi connectivity index (χ1) is 23.6. The van der Waals surface area contributed by atoms with Crippen LogP contribution in [-0.2, 0) is 35.1 Å². The summed E-state index contributed by atoms with van der Waals surface area (Å²) in [5.41, 5.74) is 22.7. The van der Waals surface area contributed by atoms with Gasteiger partial charge in [-0.05, 0) is 80.8 Å². The van der Waals surface area contributed by atoms with Crippen molar-refractivity contribution in [1.29, 1.82) is 0 Å². The normalized spacial score (nSPS) is 15.6. The van der Waals surface area contributed by atoms with Crippen LogP contribution in [0.5, 0.6) is 0 Å². The van der Waals surface area contributed by atoms with E-state index in [2.05, 4.69) is 21.3 Å². The van der Waals surface area contributed by atoms with Gasteiger partial charge >= 0.3 is 0 Å². The molecule has 2 aromatic carbocycles. The van der Waals surface area contributed by atoms with Gasteiger partial charge in [-0.2, -0.15) is 0 Å². The molecule has 3 rings (SSSR count). The lowest BCUT2D eigenvalue weighted by atomic mass is 10.0. The molecule has 270 valence electrons. The van der Waals surface area contributed by atoms with Gasteiger partial charge < -0.3 is 48.5 Å². The second kappa shape index (κ2) is 21.0. The van der Waals surface area contributed by atoms with Gasteiger partial charge in [0.05, 0.1) is 13.0 Å². The Morgan fingerprint density at radius 3 is 2.33 bits per heavy atom. The quantitative estimate of drug-likeness (QED) is 0.0558. The van der Waals surface area contributed by atoms with Gasteiger partial charge in [0, 0.05) is 13.1 Å². The fourth-order valence-corrected chi connectivity index (χ4v) is 5.90. The number of nitrogens with one attached hydrogen (secondary N) is 4. The van der Waals surface area contributed by atoms with Gasteiger partial charge in [0.15, 0.2) is 0 Å². The highest BCUT2D eigenvalue weighted by molar-refractivity contribution is 5.95. The van der Waals surface area contributed by atoms with Crippen LogP contribution in [-0.4, -0.2) is 98.2 Å². The standard InChI is InChI=1S/C34H53N9O6/c35-16-5-3-13-27(32(47)41-26(14-4-6-17-40-34(37)38)31(46)39-18-20-49-22-29(36)44)42-33(48)28-15-8-19-43(28)30(45)21-24-11-7-10-23-9-1-2-12-25(23)24/h1-2,7,9-12,26-28,34,40H,3-6,8,13-22,35,37-38H2,(H2,36,44)(H,39,46)(H,41,47)(H,42,48)/t26-,27-,28-/m0/s1. The van der Waals surface area contributed by atoms with Crippen LogP contribution in [0.4, 0.5) is 0 Å². The van der Waals surface area contributed by atoms with E-state index in [1.165, 1.54) is 0 Å². The summed E-state index contributed by atoms with van der Waals surface area (Å²) >= 11 is 0. The zero-order valence-electron chi connectivity index (χ0n) is 28.2. The Kier molecular flexibility index (Phi) is 16.9. The molecule has 1 aliphatic heterocycles. The average Bonchev–Trinajstić information content (AvgIpc) is 3.57. The van der Waals surface area contributed by atoms with E-state index in [0.717, 1.165) is 16.3 Å². The number of carbonyl (C=O) groups is 5. The lowest BCUT2D eigenvalue weighted by molar-refractivity contribution is -0.139. The molecule has 12 N–H and O–H groups in total. The number of benzene rings is 2. The molecule has 0 bridgehead atoms. The van der Waals surface area contributed by atoms with Crippen molar-refractivity contribution in [2.24, 2.45) is 22.9 Å². The number of hydrogen-bond acceptors (Lipinski definition) is 10. The number of hydrogen-bond donors (Lipinski definition) is 8. The molecule has 15 nitrogen and oxygen atoms in total. The monoisotopic (exact) mass is 683 g/mol. The minimum absolute atomic E-state index is 0.0581. The summed E-state index contributed by atoms with van der Waals surface area (Å²) in [6.45, 7) is 1.27. The average molecular weight is 684 g/mol. The Balaban J connectivity index is 1.67. The lowest BCUT2D eigenvalue weighted by Gasteiger charge is -2.28. The molecule has 5 amide bonds. The van der Waals surface area contributed by atoms with E-state index in [-0.39, 0.29) is 32.1 Å². The second-order valence-electron chi connectivity index (χ2n) is 12.3. The molecule has 2 aromatic rings. The molecule has 0 unspecified atom stereocenters. The fourth-order valence-electron chi connectivity index (χ4n) is 5.90. The maximum absolute atomic E-state index is 13.7. The zero-order valence-corrected chi connectivity index (χ0v) is 28.2. The number of nitrogens with two attached hydrogens (primary N) is 4. The number of likely N-dealkylation sites (tertiary alicyclic amines) is 1. The first-order valence-electron chi connectivity index (χ1n) is 17.1. The number of fused-ring (bicyclic) bond motifs is 1. The molecule has 1 aliphatic rings. The lowest BCUT2D eigenvalue weighted by Crippen LogP contribution is -2.56. The molecule has 49 heavy (non-hydrogen) atoms. The van der Waals surface area contributed by atoms with E-state index in [4.69, 9.17) is 27.7 Å². The highest BCUT2D eigenvalue weighted by atomic mass is 16.5. The summed E-state index contributed by atoms with van der Waals surface area (Å²) in [6, 6.07) is 11.1. The van der Waals surface area contributed by atoms with E-state index < -0.39 is 48.0 Å². The summed E-state index contributed by atoms with van der Waals surface area (Å²) in [6.07, 6.45) is 3.68. The summed E-state index contributed by atoms with van der Waals surface area (Å²) in [5, 5.41) is 13.3. The molecule has 0 aliphatic carbocycles. The second-order valence-corrected chi connectivity index (χ2v) is 12.3. The van der Waals surface area contributed by atoms with Gasteiger partial charge in [0.1, 0.15) is 31.0 Å². The molecule has 1 heterocycles. The molecule has 3 atom stereocenters. The SMILES string of the molecule is NCCCC[C@H](NC(=O)[C@@H]1CCCN1C(=O)Cc1cccc2ccccc12)C(=O)N[C@@H](CCCCNC(N)N)C(=O)NCCOCC(N)=O. The maximum atomic E-state index is 13.7. The van der Waals surface area contributed by atoms with Crippen LogP contribution >= 0.6 is 0 Å². The van der Waals surface area contributed by atoms with Gasteiger partial charge in [-0.25, -0.2) is 0 Å². The van der Waals surface area contributed by atoms with Crippen LogP contribution in [0.25, 0.3) is 10.8 Å². The van der Waals surface area contributed by atoms with E-state index in [9.17, 15) is 24.0 Å². The topological polar surface area (TPSA) is 250 Å². The molecule has 0 aromatic heterocycles. The van der Waals surface area contributed by atoms with Crippen LogP contribution < -0.4 is 44.2 Å². The molecule has 0 saturated carbocycles. The van der Waals surface area contributed by atoms with E-state index in [1.54, 1.807) is 4.90 Å². The largest absolute Gasteiger partial charge is 0.370 e. The zero-order chi connectivity index (χ0) is 35.6. The van der Waals surface area contributed by atoms with Crippen LogP contribution in [0.15, 0.2) is 42.5 Å². The number of amides is 5. The highest BCUT2D eigenvalue weighted by Gasteiger charge is 2.36. The van der Waals surface area contributed by atoms with Crippen molar-refractivity contribution in [3.8, 4) is 0 Å². The molecule has 0 spiro atoms. The Hall–Kier alpha value is -4.15. The minimum Gasteiger partial charge on any atom is -0.370 e. The molecular weight excluding hydrogens is 630 g/mol. The van der Waals surface area contributed by atoms with Gasteiger partial charge in [0.25, 0.3) is 0 Å². The number of carbonyl (C=O) groups excluding carboxylic acids is 5. The fraction of sp³-hybridized carbons (Fsp3) is 0.559. The van der Waals surface area contributed by atoms with Crippen molar-refractivity contribution < 1.29 is 28.7 Å². The minimum atomic E-state index is -0.944. The van der Waals surface area contributed by atoms with Gasteiger partial charge in [-0.1, -0.05) is 42.5 Å². The Morgan fingerprint density at radius 1 is 0.878 bits per heavy atom. The van der Waals surface area contributed by atoms with E-state index >= 15 is 0 Å². The third-order valence-electron chi connectivity index (χ3n) is 8.40. The number of rotatable bonds is 22. The molecule has 1 fully saturated rings. The molecule has 1 saturated heterocycles. The van der Waals surface area contributed by atoms with Crippen LogP contribution in [0.2, 0.25) is 0 Å².